The number of carbonyl (C=O) groups excluding carboxylic acids is 6. The van der Waals surface area contributed by atoms with E-state index in [0.717, 1.165) is 86.5 Å². The van der Waals surface area contributed by atoms with E-state index in [1.807, 2.05) is 111 Å². The molecule has 430 valence electrons. The molecule has 4 aliphatic rings. The van der Waals surface area contributed by atoms with Gasteiger partial charge in [0.25, 0.3) is 11.8 Å². The largest absolute Gasteiger partial charge is 0.380 e. The van der Waals surface area contributed by atoms with Crippen molar-refractivity contribution in [1.82, 2.24) is 35.6 Å². The Hall–Kier alpha value is -6.42. The van der Waals surface area contributed by atoms with Gasteiger partial charge in [-0.25, -0.2) is 0 Å². The predicted octanol–water partition coefficient (Wildman–Crippen LogP) is 8.10. The summed E-state index contributed by atoms with van der Waals surface area (Å²) < 4.78 is 11.8. The van der Waals surface area contributed by atoms with Crippen LogP contribution in [0.1, 0.15) is 129 Å². The number of amides is 6. The summed E-state index contributed by atoms with van der Waals surface area (Å²) in [5.74, 6) is -0.745. The van der Waals surface area contributed by atoms with Crippen LogP contribution in [0.5, 0.6) is 0 Å². The second kappa shape index (κ2) is 29.3. The molecule has 15 nitrogen and oxygen atoms in total. The van der Waals surface area contributed by atoms with Gasteiger partial charge in [-0.3, -0.25) is 28.8 Å². The minimum absolute atomic E-state index is 0.0282. The van der Waals surface area contributed by atoms with Crippen molar-refractivity contribution in [2.45, 2.75) is 153 Å². The number of nitrogens with zero attached hydrogens (tertiary/aromatic N) is 4. The molecule has 7 atom stereocenters. The maximum Gasteiger partial charge on any atom is 0.253 e. The highest BCUT2D eigenvalue weighted by Crippen LogP contribution is 2.33. The molecule has 6 amide bonds. The van der Waals surface area contributed by atoms with E-state index >= 15 is 0 Å². The Bertz CT molecular complexity index is 2640. The SMILES string of the molecule is CCC(=O)N[C@H](C(=O)N1C[C@@H](OC)C[C@H]1CN(CCc1ccccc1)C(=O)c1ccc(-c2ccc(C(=O)N(CCc3ccccc3)C[C@@H]3C[C@H](OC)CN3C(=O)[C@@H](NC(=O)[C@H](C)NC)C3CCCCC3)cc2)cc1)C1CCCCC1. The highest BCUT2D eigenvalue weighted by molar-refractivity contribution is 5.96. The molecule has 8 rings (SSSR count). The molecular formula is C65H87N7O8. The van der Waals surface area contributed by atoms with Gasteiger partial charge < -0.3 is 45.0 Å². The zero-order chi connectivity index (χ0) is 56.5. The lowest BCUT2D eigenvalue weighted by molar-refractivity contribution is -0.140. The number of hydrogen-bond acceptors (Lipinski definition) is 9. The number of rotatable bonds is 24. The standard InChI is InChI=1S/C65H87N7O8/c1-6-58(73)67-59(50-23-15-9-16-24-50)64(77)71-43-56(79-4)39-54(71)41-69(37-35-46-19-11-7-12-20-46)62(75)52-31-27-48(28-32-52)49-29-33-53(34-30-49)63(76)70(38-36-47-21-13-8-14-22-47)42-55-40-57(80-5)44-72(55)65(78)60(51-25-17-10-18-26-51)68-61(74)45(2)66-3/h7-8,11-14,19-22,27-34,45,50-51,54-57,59-60,66H,6,9-10,15-18,23-26,35-44H2,1-5H3,(H,67,73)(H,68,74)/t45-,54-,55-,56-,57-,59-,60-/m0/s1. The summed E-state index contributed by atoms with van der Waals surface area (Å²) in [5.41, 5.74) is 5.00. The molecule has 3 N–H and O–H groups in total. The molecule has 0 unspecified atom stereocenters. The third kappa shape index (κ3) is 15.5. The number of likely N-dealkylation sites (N-methyl/N-ethyl adjacent to an activating group) is 1. The van der Waals surface area contributed by atoms with E-state index in [2.05, 4.69) is 40.2 Å². The average Bonchev–Trinajstić information content (AvgIpc) is 4.14. The van der Waals surface area contributed by atoms with E-state index in [0.29, 0.717) is 82.5 Å². The Labute approximate surface area is 474 Å². The van der Waals surface area contributed by atoms with Gasteiger partial charge in [0.15, 0.2) is 0 Å². The first kappa shape index (κ1) is 59.7. The van der Waals surface area contributed by atoms with Crippen LogP contribution in [0, 0.1) is 11.8 Å². The van der Waals surface area contributed by atoms with Crippen LogP contribution in [-0.4, -0.2) is 158 Å². The van der Waals surface area contributed by atoms with Crippen LogP contribution < -0.4 is 16.0 Å². The number of nitrogens with one attached hydrogen (secondary N) is 3. The van der Waals surface area contributed by atoms with Gasteiger partial charge in [0, 0.05) is 71.0 Å². The first-order valence-electron chi connectivity index (χ1n) is 29.7. The van der Waals surface area contributed by atoms with Crippen molar-refractivity contribution < 1.29 is 38.2 Å². The van der Waals surface area contributed by atoms with E-state index in [1.54, 1.807) is 28.2 Å². The fourth-order valence-electron chi connectivity index (χ4n) is 12.6. The number of benzene rings is 4. The third-order valence-electron chi connectivity index (χ3n) is 17.6. The van der Waals surface area contributed by atoms with E-state index in [9.17, 15) is 28.8 Å². The summed E-state index contributed by atoms with van der Waals surface area (Å²) in [6.07, 6.45) is 12.1. The molecule has 4 aromatic rings. The molecule has 15 heteroatoms. The number of hydrogen-bond donors (Lipinski definition) is 3. The molecule has 0 radical (unpaired) electrons. The van der Waals surface area contributed by atoms with Crippen molar-refractivity contribution in [2.24, 2.45) is 11.8 Å². The van der Waals surface area contributed by atoms with Gasteiger partial charge in [-0.1, -0.05) is 130 Å². The minimum atomic E-state index is -0.667. The van der Waals surface area contributed by atoms with Gasteiger partial charge >= 0.3 is 0 Å². The summed E-state index contributed by atoms with van der Waals surface area (Å²) in [6, 6.07) is 32.9. The second-order valence-electron chi connectivity index (χ2n) is 22.8. The molecule has 4 aromatic carbocycles. The smallest absolute Gasteiger partial charge is 0.253 e. The van der Waals surface area contributed by atoms with Crippen LogP contribution in [0.15, 0.2) is 109 Å². The fourth-order valence-corrected chi connectivity index (χ4v) is 12.6. The van der Waals surface area contributed by atoms with Crippen LogP contribution in [0.2, 0.25) is 0 Å². The van der Waals surface area contributed by atoms with E-state index in [-0.39, 0.29) is 71.6 Å². The van der Waals surface area contributed by atoms with Gasteiger partial charge in [-0.15, -0.1) is 0 Å². The van der Waals surface area contributed by atoms with Crippen LogP contribution in [-0.2, 0) is 41.5 Å². The lowest BCUT2D eigenvalue weighted by atomic mass is 9.83. The van der Waals surface area contributed by atoms with Gasteiger partial charge in [-0.2, -0.15) is 0 Å². The molecule has 0 spiro atoms. The quantitative estimate of drug-likeness (QED) is 0.0628. The number of methoxy groups -OCH3 is 2. The molecule has 0 bridgehead atoms. The average molecular weight is 1090 g/mol. The van der Waals surface area contributed by atoms with Crippen molar-refractivity contribution >= 4 is 35.4 Å². The summed E-state index contributed by atoms with van der Waals surface area (Å²) in [7, 11) is 5.06. The summed E-state index contributed by atoms with van der Waals surface area (Å²) in [6.45, 7) is 5.86. The molecule has 0 aromatic heterocycles. The maximum atomic E-state index is 14.8. The van der Waals surface area contributed by atoms with Crippen LogP contribution in [0.3, 0.4) is 0 Å². The lowest BCUT2D eigenvalue weighted by Crippen LogP contribution is -2.57. The fraction of sp³-hybridized carbons (Fsp3) is 0.538. The minimum Gasteiger partial charge on any atom is -0.380 e. The van der Waals surface area contributed by atoms with Gasteiger partial charge in [-0.05, 0) is 124 Å². The Morgan fingerprint density at radius 1 is 0.562 bits per heavy atom. The molecule has 2 saturated carbocycles. The Balaban J connectivity index is 0.996. The first-order valence-corrected chi connectivity index (χ1v) is 29.7. The maximum absolute atomic E-state index is 14.8. The van der Waals surface area contributed by atoms with Gasteiger partial charge in [0.2, 0.25) is 23.6 Å². The van der Waals surface area contributed by atoms with E-state index < -0.39 is 18.1 Å². The normalized spacial score (nSPS) is 20.9. The highest BCUT2D eigenvalue weighted by Gasteiger charge is 2.44. The van der Waals surface area contributed by atoms with Gasteiger partial charge in [0.1, 0.15) is 12.1 Å². The molecule has 4 fully saturated rings. The molecule has 2 aliphatic carbocycles. The van der Waals surface area contributed by atoms with Crippen molar-refractivity contribution in [3.63, 3.8) is 0 Å². The molecule has 2 saturated heterocycles. The summed E-state index contributed by atoms with van der Waals surface area (Å²) in [5, 5.41) is 9.25. The predicted molar refractivity (Wildman–Crippen MR) is 312 cm³/mol. The first-order chi connectivity index (χ1) is 38.9. The second-order valence-corrected chi connectivity index (χ2v) is 22.8. The van der Waals surface area contributed by atoms with Crippen LogP contribution >= 0.6 is 0 Å². The third-order valence-corrected chi connectivity index (χ3v) is 17.6. The van der Waals surface area contributed by atoms with Crippen molar-refractivity contribution in [1.29, 1.82) is 0 Å². The van der Waals surface area contributed by atoms with Crippen LogP contribution in [0.4, 0.5) is 0 Å². The number of carbonyl (C=O) groups is 6. The zero-order valence-corrected chi connectivity index (χ0v) is 48.0. The van der Waals surface area contributed by atoms with Crippen LogP contribution in [0.25, 0.3) is 11.1 Å². The summed E-state index contributed by atoms with van der Waals surface area (Å²) >= 11 is 0. The molecule has 80 heavy (non-hydrogen) atoms. The Kier molecular flexibility index (Phi) is 21.9. The van der Waals surface area contributed by atoms with Crippen molar-refractivity contribution in [2.75, 3.05) is 60.5 Å². The lowest BCUT2D eigenvalue weighted by Gasteiger charge is -2.36. The zero-order valence-electron chi connectivity index (χ0n) is 48.0. The molecular weight excluding hydrogens is 1010 g/mol. The van der Waals surface area contributed by atoms with Crippen molar-refractivity contribution in [3.05, 3.63) is 131 Å². The summed E-state index contributed by atoms with van der Waals surface area (Å²) in [4.78, 5) is 92.7. The van der Waals surface area contributed by atoms with E-state index in [1.165, 1.54) is 0 Å². The highest BCUT2D eigenvalue weighted by atomic mass is 16.5. The van der Waals surface area contributed by atoms with Crippen molar-refractivity contribution in [3.8, 4) is 11.1 Å². The monoisotopic (exact) mass is 1090 g/mol. The number of likely N-dealkylation sites (tertiary alicyclic amines) is 2. The Morgan fingerprint density at radius 2 is 0.963 bits per heavy atom. The Morgan fingerprint density at radius 3 is 1.34 bits per heavy atom. The molecule has 2 aliphatic heterocycles. The molecule has 2 heterocycles. The van der Waals surface area contributed by atoms with Gasteiger partial charge in [0.05, 0.1) is 30.3 Å². The number of ether oxygens (including phenoxy) is 2. The van der Waals surface area contributed by atoms with E-state index in [4.69, 9.17) is 9.47 Å². The topological polar surface area (TPSA) is 170 Å².